The van der Waals surface area contributed by atoms with Gasteiger partial charge in [0.1, 0.15) is 25.2 Å². The SMILES string of the molecule is COc1cccc(NC(=O)[C@@H](OC(=O)C2=COCCO2)c2ccccc2)c1. The van der Waals surface area contributed by atoms with Crippen LogP contribution in [0.25, 0.3) is 0 Å². The van der Waals surface area contributed by atoms with E-state index in [4.69, 9.17) is 18.9 Å². The van der Waals surface area contributed by atoms with Gasteiger partial charge in [0.15, 0.2) is 0 Å². The second-order valence-electron chi connectivity index (χ2n) is 5.62. The van der Waals surface area contributed by atoms with Gasteiger partial charge in [-0.3, -0.25) is 4.79 Å². The molecule has 0 fully saturated rings. The Morgan fingerprint density at radius 1 is 1.07 bits per heavy atom. The molecule has 1 amide bonds. The van der Waals surface area contributed by atoms with Gasteiger partial charge in [0, 0.05) is 17.3 Å². The number of methoxy groups -OCH3 is 1. The number of carbonyl (C=O) groups is 2. The van der Waals surface area contributed by atoms with Crippen molar-refractivity contribution in [2.75, 3.05) is 25.6 Å². The van der Waals surface area contributed by atoms with Crippen LogP contribution in [-0.2, 0) is 23.8 Å². The minimum atomic E-state index is -1.16. The molecule has 0 radical (unpaired) electrons. The fraction of sp³-hybridized carbons (Fsp3) is 0.200. The number of amides is 1. The minimum Gasteiger partial charge on any atom is -0.497 e. The van der Waals surface area contributed by atoms with E-state index in [1.807, 2.05) is 6.07 Å². The van der Waals surface area contributed by atoms with E-state index in [-0.39, 0.29) is 12.4 Å². The first kappa shape index (κ1) is 18.3. The molecule has 3 rings (SSSR count). The molecule has 7 heteroatoms. The van der Waals surface area contributed by atoms with Crippen LogP contribution in [0.1, 0.15) is 11.7 Å². The molecule has 1 heterocycles. The Bertz CT molecular complexity index is 833. The van der Waals surface area contributed by atoms with E-state index in [2.05, 4.69) is 5.32 Å². The number of benzene rings is 2. The lowest BCUT2D eigenvalue weighted by Crippen LogP contribution is -2.27. The van der Waals surface area contributed by atoms with Crippen molar-refractivity contribution in [3.63, 3.8) is 0 Å². The predicted molar refractivity (Wildman–Crippen MR) is 96.9 cm³/mol. The smallest absolute Gasteiger partial charge is 0.378 e. The van der Waals surface area contributed by atoms with Crippen molar-refractivity contribution in [1.29, 1.82) is 0 Å². The molecule has 0 spiro atoms. The average molecular weight is 369 g/mol. The summed E-state index contributed by atoms with van der Waals surface area (Å²) in [5, 5.41) is 2.74. The molecule has 0 bridgehead atoms. The van der Waals surface area contributed by atoms with Crippen LogP contribution >= 0.6 is 0 Å². The van der Waals surface area contributed by atoms with Crippen LogP contribution in [-0.4, -0.2) is 32.2 Å². The number of hydrogen-bond acceptors (Lipinski definition) is 6. The summed E-state index contributed by atoms with van der Waals surface area (Å²) in [5.74, 6) is -0.750. The molecule has 0 saturated heterocycles. The van der Waals surface area contributed by atoms with Gasteiger partial charge in [-0.2, -0.15) is 0 Å². The largest absolute Gasteiger partial charge is 0.497 e. The molecule has 27 heavy (non-hydrogen) atoms. The van der Waals surface area contributed by atoms with Crippen molar-refractivity contribution in [2.45, 2.75) is 6.10 Å². The van der Waals surface area contributed by atoms with Crippen LogP contribution in [0.5, 0.6) is 5.75 Å². The van der Waals surface area contributed by atoms with Crippen LogP contribution in [0.15, 0.2) is 66.6 Å². The van der Waals surface area contributed by atoms with Crippen LogP contribution in [0.3, 0.4) is 0 Å². The summed E-state index contributed by atoms with van der Waals surface area (Å²) in [6.07, 6.45) is 0.0322. The second kappa shape index (κ2) is 8.75. The van der Waals surface area contributed by atoms with Crippen LogP contribution in [0.4, 0.5) is 5.69 Å². The fourth-order valence-electron chi connectivity index (χ4n) is 2.45. The average Bonchev–Trinajstić information content (AvgIpc) is 2.73. The lowest BCUT2D eigenvalue weighted by Gasteiger charge is -2.20. The molecule has 0 unspecified atom stereocenters. The zero-order valence-electron chi connectivity index (χ0n) is 14.7. The van der Waals surface area contributed by atoms with Crippen LogP contribution in [0.2, 0.25) is 0 Å². The van der Waals surface area contributed by atoms with Crippen molar-refractivity contribution in [3.8, 4) is 5.75 Å². The number of hydrogen-bond donors (Lipinski definition) is 1. The molecule has 1 aliphatic rings. The van der Waals surface area contributed by atoms with Crippen LogP contribution in [0, 0.1) is 0 Å². The van der Waals surface area contributed by atoms with Gasteiger partial charge < -0.3 is 24.3 Å². The molecule has 1 atom stereocenters. The van der Waals surface area contributed by atoms with Gasteiger partial charge >= 0.3 is 5.97 Å². The number of anilines is 1. The van der Waals surface area contributed by atoms with E-state index in [1.165, 1.54) is 13.4 Å². The van der Waals surface area contributed by atoms with E-state index in [0.717, 1.165) is 0 Å². The minimum absolute atomic E-state index is 0.0728. The molecule has 2 aromatic rings. The summed E-state index contributed by atoms with van der Waals surface area (Å²) in [5.41, 5.74) is 1.05. The summed E-state index contributed by atoms with van der Waals surface area (Å²) in [6, 6.07) is 15.6. The standard InChI is InChI=1S/C20H19NO6/c1-24-16-9-5-8-15(12-16)21-19(22)18(14-6-3-2-4-7-14)27-20(23)17-13-25-10-11-26-17/h2-9,12-13,18H,10-11H2,1H3,(H,21,22)/t18-/m0/s1. The molecule has 2 aromatic carbocycles. The lowest BCUT2D eigenvalue weighted by atomic mass is 10.1. The second-order valence-corrected chi connectivity index (χ2v) is 5.62. The maximum absolute atomic E-state index is 12.8. The highest BCUT2D eigenvalue weighted by molar-refractivity contribution is 5.97. The summed E-state index contributed by atoms with van der Waals surface area (Å²) in [7, 11) is 1.54. The maximum atomic E-state index is 12.8. The fourth-order valence-corrected chi connectivity index (χ4v) is 2.45. The Hall–Kier alpha value is -3.48. The van der Waals surface area contributed by atoms with Gasteiger partial charge in [-0.15, -0.1) is 0 Å². The summed E-state index contributed by atoms with van der Waals surface area (Å²) in [4.78, 5) is 25.2. The summed E-state index contributed by atoms with van der Waals surface area (Å²) >= 11 is 0. The predicted octanol–water partition coefficient (Wildman–Crippen LogP) is 2.81. The summed E-state index contributed by atoms with van der Waals surface area (Å²) < 4.78 is 20.8. The van der Waals surface area contributed by atoms with Crippen LogP contribution < -0.4 is 10.1 Å². The first-order chi connectivity index (χ1) is 13.2. The Balaban J connectivity index is 1.79. The van der Waals surface area contributed by atoms with Crippen molar-refractivity contribution in [2.24, 2.45) is 0 Å². The van der Waals surface area contributed by atoms with Crippen molar-refractivity contribution in [3.05, 3.63) is 72.2 Å². The quantitative estimate of drug-likeness (QED) is 0.789. The Morgan fingerprint density at radius 2 is 1.89 bits per heavy atom. The first-order valence-corrected chi connectivity index (χ1v) is 8.33. The third-order valence-corrected chi connectivity index (χ3v) is 3.75. The first-order valence-electron chi connectivity index (χ1n) is 8.33. The third kappa shape index (κ3) is 4.78. The molecular weight excluding hydrogens is 350 g/mol. The Kier molecular flexibility index (Phi) is 5.94. The third-order valence-electron chi connectivity index (χ3n) is 3.75. The van der Waals surface area contributed by atoms with Crippen molar-refractivity contribution >= 4 is 17.6 Å². The molecular formula is C20H19NO6. The highest BCUT2D eigenvalue weighted by Gasteiger charge is 2.28. The highest BCUT2D eigenvalue weighted by Crippen LogP contribution is 2.23. The molecule has 1 aliphatic heterocycles. The zero-order chi connectivity index (χ0) is 19.1. The molecule has 1 N–H and O–H groups in total. The van der Waals surface area contributed by atoms with Gasteiger partial charge in [0.2, 0.25) is 11.9 Å². The topological polar surface area (TPSA) is 83.1 Å². The van der Waals surface area contributed by atoms with Crippen molar-refractivity contribution < 1.29 is 28.5 Å². The molecule has 0 aliphatic carbocycles. The molecule has 7 nitrogen and oxygen atoms in total. The van der Waals surface area contributed by atoms with E-state index in [9.17, 15) is 9.59 Å². The normalized spacial score (nSPS) is 14.0. The Labute approximate surface area is 156 Å². The number of rotatable bonds is 6. The lowest BCUT2D eigenvalue weighted by molar-refractivity contribution is -0.155. The summed E-state index contributed by atoms with van der Waals surface area (Å²) in [6.45, 7) is 0.599. The number of esters is 1. The van der Waals surface area contributed by atoms with Gasteiger partial charge in [-0.05, 0) is 12.1 Å². The number of ether oxygens (including phenoxy) is 4. The van der Waals surface area contributed by atoms with Gasteiger partial charge in [-0.25, -0.2) is 4.79 Å². The van der Waals surface area contributed by atoms with E-state index >= 15 is 0 Å². The number of nitrogens with one attached hydrogen (secondary N) is 1. The monoisotopic (exact) mass is 369 g/mol. The van der Waals surface area contributed by atoms with Crippen molar-refractivity contribution in [1.82, 2.24) is 0 Å². The zero-order valence-corrected chi connectivity index (χ0v) is 14.7. The van der Waals surface area contributed by atoms with E-state index < -0.39 is 18.0 Å². The highest BCUT2D eigenvalue weighted by atomic mass is 16.6. The molecule has 0 saturated carbocycles. The Morgan fingerprint density at radius 3 is 2.59 bits per heavy atom. The number of carbonyl (C=O) groups excluding carboxylic acids is 2. The molecule has 0 aromatic heterocycles. The van der Waals surface area contributed by atoms with Gasteiger partial charge in [0.05, 0.1) is 7.11 Å². The maximum Gasteiger partial charge on any atom is 0.378 e. The molecule has 140 valence electrons. The van der Waals surface area contributed by atoms with Gasteiger partial charge in [-0.1, -0.05) is 36.4 Å². The van der Waals surface area contributed by atoms with E-state index in [1.54, 1.807) is 48.5 Å². The van der Waals surface area contributed by atoms with E-state index in [0.29, 0.717) is 23.6 Å². The van der Waals surface area contributed by atoms with Gasteiger partial charge in [0.25, 0.3) is 5.91 Å².